The lowest BCUT2D eigenvalue weighted by Crippen LogP contribution is -2.12. The molecular formula is C82H66N2O2. The molecule has 16 rings (SSSR count). The number of anilines is 6. The second-order valence-corrected chi connectivity index (χ2v) is 21.8. The molecule has 0 bridgehead atoms. The first-order chi connectivity index (χ1) is 42.3. The standard InChI is InChI=1S/C66H44N2O2.2C7H8.C2H6/c1-41-13-9-19-51-53-21-11-23-59(65(53)69-63(41)51)67(49-33-25-45(26-34-49)43-15-5-3-6-16-43)57-39-31-47-30-38-56-58(40-32-48-29-37-55(57)61(47)62(48)56)68(50-35-27-46(28-36-50)44-17-7-4-8-18-44)60-24-12-22-54-52-20-10-14-42(2)64(52)70-66(54)60;2*1-7-5-3-2-4-6-7;1-2/h3-40H,1-2H3;2*2-6H,1H3;1-2H3. The number of hydrogen-bond donors (Lipinski definition) is 0. The van der Waals surface area contributed by atoms with Crippen LogP contribution in [0.4, 0.5) is 34.1 Å². The Balaban J connectivity index is 0.000000376. The average molecular weight is 1110 g/mol. The predicted molar refractivity (Wildman–Crippen MR) is 368 cm³/mol. The van der Waals surface area contributed by atoms with Crippen LogP contribution in [0.5, 0.6) is 0 Å². The van der Waals surface area contributed by atoms with Gasteiger partial charge in [-0.1, -0.05) is 268 Å². The highest BCUT2D eigenvalue weighted by molar-refractivity contribution is 6.29. The molecule has 2 heterocycles. The van der Waals surface area contributed by atoms with Crippen molar-refractivity contribution in [1.82, 2.24) is 0 Å². The van der Waals surface area contributed by atoms with E-state index < -0.39 is 0 Å². The highest BCUT2D eigenvalue weighted by Crippen LogP contribution is 2.51. The van der Waals surface area contributed by atoms with Gasteiger partial charge < -0.3 is 18.6 Å². The summed E-state index contributed by atoms with van der Waals surface area (Å²) in [5, 5.41) is 11.5. The zero-order valence-corrected chi connectivity index (χ0v) is 49.4. The van der Waals surface area contributed by atoms with Crippen molar-refractivity contribution in [2.24, 2.45) is 0 Å². The van der Waals surface area contributed by atoms with E-state index in [2.05, 4.69) is 292 Å². The van der Waals surface area contributed by atoms with Crippen LogP contribution in [0.15, 0.2) is 300 Å². The van der Waals surface area contributed by atoms with Gasteiger partial charge in [-0.2, -0.15) is 0 Å². The molecule has 0 aliphatic rings. The van der Waals surface area contributed by atoms with Crippen LogP contribution in [-0.4, -0.2) is 0 Å². The summed E-state index contributed by atoms with van der Waals surface area (Å²) in [7, 11) is 0. The molecule has 0 radical (unpaired) electrons. The molecule has 0 spiro atoms. The van der Waals surface area contributed by atoms with Gasteiger partial charge in [0.05, 0.1) is 22.7 Å². The fourth-order valence-corrected chi connectivity index (χ4v) is 12.2. The second-order valence-electron chi connectivity index (χ2n) is 21.8. The highest BCUT2D eigenvalue weighted by atomic mass is 16.3. The lowest BCUT2D eigenvalue weighted by molar-refractivity contribution is 0.665. The van der Waals surface area contributed by atoms with Crippen LogP contribution in [0.1, 0.15) is 36.1 Å². The molecule has 0 unspecified atom stereocenters. The van der Waals surface area contributed by atoms with E-state index in [0.29, 0.717) is 0 Å². The summed E-state index contributed by atoms with van der Waals surface area (Å²) in [5.41, 5.74) is 19.3. The monoisotopic (exact) mass is 1110 g/mol. The fraction of sp³-hybridized carbons (Fsp3) is 0.0732. The zero-order chi connectivity index (χ0) is 58.7. The lowest BCUT2D eigenvalue weighted by Gasteiger charge is -2.29. The molecule has 0 aliphatic heterocycles. The number of nitrogens with zero attached hydrogens (tertiary/aromatic N) is 2. The molecule has 0 saturated carbocycles. The van der Waals surface area contributed by atoms with E-state index in [1.165, 1.54) is 43.8 Å². The Morgan fingerprint density at radius 3 is 0.895 bits per heavy atom. The summed E-state index contributed by atoms with van der Waals surface area (Å²) in [6.45, 7) is 12.4. The van der Waals surface area contributed by atoms with E-state index >= 15 is 0 Å². The summed E-state index contributed by atoms with van der Waals surface area (Å²) >= 11 is 0. The number of benzene rings is 14. The van der Waals surface area contributed by atoms with Crippen LogP contribution in [0, 0.1) is 27.7 Å². The van der Waals surface area contributed by atoms with Crippen molar-refractivity contribution in [2.45, 2.75) is 41.5 Å². The summed E-state index contributed by atoms with van der Waals surface area (Å²) in [5.74, 6) is 0. The van der Waals surface area contributed by atoms with Crippen molar-refractivity contribution in [2.75, 3.05) is 9.80 Å². The van der Waals surface area contributed by atoms with Gasteiger partial charge in [0.1, 0.15) is 11.2 Å². The van der Waals surface area contributed by atoms with Gasteiger partial charge in [-0.05, 0) is 131 Å². The van der Waals surface area contributed by atoms with Crippen LogP contribution in [0.3, 0.4) is 0 Å². The Labute approximate surface area is 503 Å². The van der Waals surface area contributed by atoms with Crippen LogP contribution in [-0.2, 0) is 0 Å². The van der Waals surface area contributed by atoms with Crippen molar-refractivity contribution in [3.05, 3.63) is 313 Å². The summed E-state index contributed by atoms with van der Waals surface area (Å²) in [6.07, 6.45) is 0. The molecule has 14 aromatic carbocycles. The van der Waals surface area contributed by atoms with Gasteiger partial charge in [-0.3, -0.25) is 0 Å². The van der Waals surface area contributed by atoms with Gasteiger partial charge in [0.15, 0.2) is 11.2 Å². The molecule has 0 N–H and O–H groups in total. The Morgan fingerprint density at radius 2 is 0.547 bits per heavy atom. The fourth-order valence-electron chi connectivity index (χ4n) is 12.2. The van der Waals surface area contributed by atoms with Gasteiger partial charge >= 0.3 is 0 Å². The maximum atomic E-state index is 6.92. The third-order valence-corrected chi connectivity index (χ3v) is 16.3. The number of aryl methyl sites for hydroxylation is 4. The molecule has 4 heteroatoms. The maximum Gasteiger partial charge on any atom is 0.159 e. The molecule has 0 amide bonds. The van der Waals surface area contributed by atoms with Crippen LogP contribution in [0.25, 0.3) is 98.4 Å². The third kappa shape index (κ3) is 10.3. The Morgan fingerprint density at radius 1 is 0.233 bits per heavy atom. The predicted octanol–water partition coefficient (Wildman–Crippen LogP) is 24.3. The molecular weight excluding hydrogens is 1040 g/mol. The summed E-state index contributed by atoms with van der Waals surface area (Å²) in [6, 6.07) is 104. The molecule has 416 valence electrons. The van der Waals surface area contributed by atoms with Gasteiger partial charge in [0, 0.05) is 43.7 Å². The molecule has 0 aliphatic carbocycles. The van der Waals surface area contributed by atoms with E-state index in [4.69, 9.17) is 8.83 Å². The Bertz CT molecular complexity index is 4650. The van der Waals surface area contributed by atoms with E-state index in [1.54, 1.807) is 0 Å². The quantitative estimate of drug-likeness (QED) is 0.142. The van der Waals surface area contributed by atoms with Gasteiger partial charge in [-0.25, -0.2) is 0 Å². The van der Waals surface area contributed by atoms with Crippen molar-refractivity contribution in [1.29, 1.82) is 0 Å². The van der Waals surface area contributed by atoms with Crippen molar-refractivity contribution in [3.8, 4) is 22.3 Å². The van der Waals surface area contributed by atoms with Gasteiger partial charge in [0.25, 0.3) is 0 Å². The van der Waals surface area contributed by atoms with Gasteiger partial charge in [-0.15, -0.1) is 0 Å². The first-order valence-electron chi connectivity index (χ1n) is 29.8. The SMILES string of the molecule is CC.Cc1cccc2c1oc1c(N(c3ccc(-c4ccccc4)cc3)c3ccc4ccc5c(N(c6ccc(-c7ccccc7)cc6)c6cccc7c6oc6c(C)cccc67)ccc6ccc3c4c65)cccc12.Cc1ccccc1.Cc1ccccc1. The Hall–Kier alpha value is -10.7. The molecule has 0 atom stereocenters. The summed E-state index contributed by atoms with van der Waals surface area (Å²) < 4.78 is 13.8. The number of para-hydroxylation sites is 4. The van der Waals surface area contributed by atoms with Crippen LogP contribution in [0.2, 0.25) is 0 Å². The average Bonchev–Trinajstić information content (AvgIpc) is 0.944. The number of rotatable bonds is 8. The minimum absolute atomic E-state index is 0.857. The van der Waals surface area contributed by atoms with Gasteiger partial charge in [0.2, 0.25) is 0 Å². The first-order valence-corrected chi connectivity index (χ1v) is 29.8. The molecule has 0 saturated heterocycles. The normalized spacial score (nSPS) is 11.1. The minimum Gasteiger partial charge on any atom is -0.454 e. The number of fused-ring (bicyclic) bond motifs is 6. The topological polar surface area (TPSA) is 32.8 Å². The van der Waals surface area contributed by atoms with E-state index in [-0.39, 0.29) is 0 Å². The molecule has 86 heavy (non-hydrogen) atoms. The second kappa shape index (κ2) is 23.9. The van der Waals surface area contributed by atoms with E-state index in [1.807, 2.05) is 50.2 Å². The minimum atomic E-state index is 0.857. The highest BCUT2D eigenvalue weighted by Gasteiger charge is 2.26. The molecule has 2 aromatic heterocycles. The maximum absolute atomic E-state index is 6.92. The third-order valence-electron chi connectivity index (χ3n) is 16.3. The lowest BCUT2D eigenvalue weighted by atomic mass is 9.91. The van der Waals surface area contributed by atoms with E-state index in [0.717, 1.165) is 111 Å². The Kier molecular flexibility index (Phi) is 15.2. The largest absolute Gasteiger partial charge is 0.454 e. The number of hydrogen-bond acceptors (Lipinski definition) is 4. The number of furan rings is 2. The molecule has 4 nitrogen and oxygen atoms in total. The van der Waals surface area contributed by atoms with Crippen LogP contribution < -0.4 is 9.80 Å². The first kappa shape index (κ1) is 54.6. The zero-order valence-electron chi connectivity index (χ0n) is 49.4. The van der Waals surface area contributed by atoms with Crippen molar-refractivity contribution >= 4 is 110 Å². The van der Waals surface area contributed by atoms with E-state index in [9.17, 15) is 0 Å². The van der Waals surface area contributed by atoms with Crippen LogP contribution >= 0.6 is 0 Å². The van der Waals surface area contributed by atoms with Crippen molar-refractivity contribution in [3.63, 3.8) is 0 Å². The smallest absolute Gasteiger partial charge is 0.159 e. The summed E-state index contributed by atoms with van der Waals surface area (Å²) in [4.78, 5) is 4.79. The molecule has 16 aromatic rings. The molecule has 0 fully saturated rings. The van der Waals surface area contributed by atoms with Crippen molar-refractivity contribution < 1.29 is 8.83 Å².